The summed E-state index contributed by atoms with van der Waals surface area (Å²) in [7, 11) is -0.997. The Morgan fingerprint density at radius 1 is 0.906 bits per heavy atom. The van der Waals surface area contributed by atoms with Gasteiger partial charge in [0.05, 0.1) is 4.90 Å². The lowest BCUT2D eigenvalue weighted by molar-refractivity contribution is -0.124. The number of carbonyl (C=O) groups is 3. The third-order valence-electron chi connectivity index (χ3n) is 4.52. The molecular formula is C21H25FN4O5S. The van der Waals surface area contributed by atoms with Crippen molar-refractivity contribution in [1.29, 1.82) is 0 Å². The van der Waals surface area contributed by atoms with Crippen molar-refractivity contribution < 1.29 is 27.2 Å². The zero-order chi connectivity index (χ0) is 24.1. The Hall–Kier alpha value is -3.31. The normalized spacial score (nSPS) is 12.3. The first-order chi connectivity index (χ1) is 14.9. The minimum Gasteiger partial charge on any atom is -0.340 e. The van der Waals surface area contributed by atoms with Crippen molar-refractivity contribution in [1.82, 2.24) is 20.5 Å². The number of hydrogen-bond acceptors (Lipinski definition) is 5. The fraction of sp³-hybridized carbons (Fsp3) is 0.286. The molecule has 0 aliphatic heterocycles. The van der Waals surface area contributed by atoms with Crippen molar-refractivity contribution in [2.75, 3.05) is 14.1 Å². The summed E-state index contributed by atoms with van der Waals surface area (Å²) in [4.78, 5) is 37.2. The summed E-state index contributed by atoms with van der Waals surface area (Å²) >= 11 is 0. The summed E-state index contributed by atoms with van der Waals surface area (Å²) in [5.41, 5.74) is 4.64. The van der Waals surface area contributed by atoms with Gasteiger partial charge in [-0.1, -0.05) is 19.9 Å². The van der Waals surface area contributed by atoms with E-state index < -0.39 is 39.6 Å². The van der Waals surface area contributed by atoms with E-state index in [-0.39, 0.29) is 21.9 Å². The van der Waals surface area contributed by atoms with Gasteiger partial charge in [0.2, 0.25) is 10.0 Å². The number of halogens is 1. The molecule has 172 valence electrons. The number of hydrazine groups is 1. The van der Waals surface area contributed by atoms with E-state index in [1.54, 1.807) is 13.8 Å². The number of nitrogens with one attached hydrogen (secondary N) is 3. The van der Waals surface area contributed by atoms with Crippen LogP contribution in [0.5, 0.6) is 0 Å². The highest BCUT2D eigenvalue weighted by Crippen LogP contribution is 2.15. The maximum absolute atomic E-state index is 13.0. The molecule has 0 radical (unpaired) electrons. The van der Waals surface area contributed by atoms with E-state index >= 15 is 0 Å². The minimum atomic E-state index is -3.74. The lowest BCUT2D eigenvalue weighted by Crippen LogP contribution is -2.54. The van der Waals surface area contributed by atoms with Crippen LogP contribution in [0.3, 0.4) is 0 Å². The van der Waals surface area contributed by atoms with Crippen LogP contribution in [-0.2, 0) is 14.8 Å². The number of nitrogens with zero attached hydrogens (tertiary/aromatic N) is 1. The molecule has 0 saturated heterocycles. The van der Waals surface area contributed by atoms with Gasteiger partial charge in [-0.05, 0) is 48.4 Å². The van der Waals surface area contributed by atoms with Crippen molar-refractivity contribution in [3.8, 4) is 0 Å². The first-order valence-corrected chi connectivity index (χ1v) is 11.1. The predicted octanol–water partition coefficient (Wildman–Crippen LogP) is 1.29. The third kappa shape index (κ3) is 6.11. The lowest BCUT2D eigenvalue weighted by atomic mass is 10.0. The second kappa shape index (κ2) is 10.3. The molecule has 3 amide bonds. The molecule has 3 N–H and O–H groups in total. The summed E-state index contributed by atoms with van der Waals surface area (Å²) < 4.78 is 38.5. The molecule has 0 unspecified atom stereocenters. The van der Waals surface area contributed by atoms with Crippen molar-refractivity contribution >= 4 is 27.7 Å². The lowest BCUT2D eigenvalue weighted by Gasteiger charge is -2.22. The first-order valence-electron chi connectivity index (χ1n) is 9.62. The minimum absolute atomic E-state index is 0.0182. The van der Waals surface area contributed by atoms with E-state index in [0.29, 0.717) is 0 Å². The Morgan fingerprint density at radius 2 is 1.53 bits per heavy atom. The largest absolute Gasteiger partial charge is 0.340 e. The molecule has 0 saturated carbocycles. The topological polar surface area (TPSA) is 125 Å². The first kappa shape index (κ1) is 25.0. The molecule has 0 heterocycles. The van der Waals surface area contributed by atoms with Crippen LogP contribution >= 0.6 is 0 Å². The van der Waals surface area contributed by atoms with E-state index in [2.05, 4.69) is 16.2 Å². The average Bonchev–Trinajstić information content (AvgIpc) is 2.75. The van der Waals surface area contributed by atoms with Crippen LogP contribution in [0, 0.1) is 11.7 Å². The Balaban J connectivity index is 2.06. The molecule has 0 fully saturated rings. The fourth-order valence-corrected chi connectivity index (χ4v) is 3.59. The van der Waals surface area contributed by atoms with Gasteiger partial charge in [-0.25, -0.2) is 17.1 Å². The summed E-state index contributed by atoms with van der Waals surface area (Å²) in [5, 5.41) is 2.55. The molecule has 0 aliphatic rings. The monoisotopic (exact) mass is 464 g/mol. The van der Waals surface area contributed by atoms with Crippen LogP contribution in [0.2, 0.25) is 0 Å². The van der Waals surface area contributed by atoms with Crippen LogP contribution in [0.25, 0.3) is 0 Å². The van der Waals surface area contributed by atoms with Gasteiger partial charge in [0, 0.05) is 25.2 Å². The number of carbonyl (C=O) groups excluding carboxylic acids is 3. The van der Waals surface area contributed by atoms with Crippen LogP contribution in [-0.4, -0.2) is 50.6 Å². The highest BCUT2D eigenvalue weighted by Gasteiger charge is 2.25. The maximum Gasteiger partial charge on any atom is 0.269 e. The number of benzene rings is 2. The molecule has 0 aliphatic carbocycles. The quantitative estimate of drug-likeness (QED) is 0.533. The summed E-state index contributed by atoms with van der Waals surface area (Å²) in [6, 6.07) is 9.19. The smallest absolute Gasteiger partial charge is 0.269 e. The SMILES string of the molecule is CC(C)[C@H](NC(=O)c1ccc(F)cc1)C(=O)NNC(=O)c1cccc(S(=O)(=O)N(C)C)c1. The van der Waals surface area contributed by atoms with Crippen molar-refractivity contribution in [2.45, 2.75) is 24.8 Å². The van der Waals surface area contributed by atoms with E-state index in [4.69, 9.17) is 0 Å². The molecule has 9 nitrogen and oxygen atoms in total. The van der Waals surface area contributed by atoms with Gasteiger partial charge < -0.3 is 5.32 Å². The van der Waals surface area contributed by atoms with Gasteiger partial charge in [0.25, 0.3) is 17.7 Å². The second-order valence-corrected chi connectivity index (χ2v) is 9.61. The highest BCUT2D eigenvalue weighted by atomic mass is 32.2. The number of hydrogen-bond donors (Lipinski definition) is 3. The molecule has 2 rings (SSSR count). The fourth-order valence-electron chi connectivity index (χ4n) is 2.64. The second-order valence-electron chi connectivity index (χ2n) is 7.46. The van der Waals surface area contributed by atoms with Gasteiger partial charge in [-0.3, -0.25) is 25.2 Å². The molecule has 11 heteroatoms. The Morgan fingerprint density at radius 3 is 2.09 bits per heavy atom. The van der Waals surface area contributed by atoms with Gasteiger partial charge in [0.15, 0.2) is 0 Å². The Kier molecular flexibility index (Phi) is 8.06. The van der Waals surface area contributed by atoms with Crippen LogP contribution in [0.15, 0.2) is 53.4 Å². The van der Waals surface area contributed by atoms with Gasteiger partial charge in [-0.15, -0.1) is 0 Å². The van der Waals surface area contributed by atoms with Crippen molar-refractivity contribution in [2.24, 2.45) is 5.92 Å². The van der Waals surface area contributed by atoms with Crippen molar-refractivity contribution in [3.63, 3.8) is 0 Å². The molecule has 2 aromatic rings. The number of sulfonamides is 1. The van der Waals surface area contributed by atoms with E-state index in [0.717, 1.165) is 16.4 Å². The highest BCUT2D eigenvalue weighted by molar-refractivity contribution is 7.89. The molecular weight excluding hydrogens is 439 g/mol. The van der Waals surface area contributed by atoms with Crippen LogP contribution in [0.1, 0.15) is 34.6 Å². The number of rotatable bonds is 7. The van der Waals surface area contributed by atoms with E-state index in [9.17, 15) is 27.2 Å². The summed E-state index contributed by atoms with van der Waals surface area (Å²) in [5.74, 6) is -2.82. The Bertz CT molecular complexity index is 1100. The molecule has 0 bridgehead atoms. The van der Waals surface area contributed by atoms with Gasteiger partial charge >= 0.3 is 0 Å². The third-order valence-corrected chi connectivity index (χ3v) is 6.33. The molecule has 0 aromatic heterocycles. The molecule has 2 aromatic carbocycles. The predicted molar refractivity (Wildman–Crippen MR) is 115 cm³/mol. The zero-order valence-corrected chi connectivity index (χ0v) is 18.9. The summed E-state index contributed by atoms with van der Waals surface area (Å²) in [6.45, 7) is 3.40. The van der Waals surface area contributed by atoms with Gasteiger partial charge in [0.1, 0.15) is 11.9 Å². The maximum atomic E-state index is 13.0. The summed E-state index contributed by atoms with van der Waals surface area (Å²) in [6.07, 6.45) is 0. The van der Waals surface area contributed by atoms with E-state index in [1.165, 1.54) is 50.5 Å². The van der Waals surface area contributed by atoms with Crippen LogP contribution in [0.4, 0.5) is 4.39 Å². The van der Waals surface area contributed by atoms with Crippen LogP contribution < -0.4 is 16.2 Å². The molecule has 0 spiro atoms. The molecule has 1 atom stereocenters. The standard InChI is InChI=1S/C21H25FN4O5S/c1-13(2)18(23-19(27)14-8-10-16(22)11-9-14)21(29)25-24-20(28)15-6-5-7-17(12-15)32(30,31)26(3)4/h5-13,18H,1-4H3,(H,23,27)(H,24,28)(H,25,29)/t18-/m0/s1. The Labute approximate surface area is 186 Å². The zero-order valence-electron chi connectivity index (χ0n) is 18.0. The average molecular weight is 465 g/mol. The van der Waals surface area contributed by atoms with Crippen molar-refractivity contribution in [3.05, 3.63) is 65.5 Å². The molecule has 32 heavy (non-hydrogen) atoms. The van der Waals surface area contributed by atoms with Gasteiger partial charge in [-0.2, -0.15) is 0 Å². The number of amides is 3. The van der Waals surface area contributed by atoms with E-state index in [1.807, 2.05) is 0 Å².